The molecule has 0 fully saturated rings. The summed E-state index contributed by atoms with van der Waals surface area (Å²) in [5.74, 6) is 0.840. The van der Waals surface area contributed by atoms with Crippen molar-refractivity contribution in [2.75, 3.05) is 18.5 Å². The van der Waals surface area contributed by atoms with Crippen molar-refractivity contribution in [3.63, 3.8) is 0 Å². The Kier molecular flexibility index (Phi) is 4.69. The molecule has 0 aromatic heterocycles. The van der Waals surface area contributed by atoms with Crippen LogP contribution < -0.4 is 10.1 Å². The van der Waals surface area contributed by atoms with Crippen molar-refractivity contribution in [2.24, 2.45) is 0 Å². The van der Waals surface area contributed by atoms with Gasteiger partial charge in [0.25, 0.3) is 0 Å². The van der Waals surface area contributed by atoms with Crippen molar-refractivity contribution in [2.45, 2.75) is 13.8 Å². The van der Waals surface area contributed by atoms with E-state index >= 15 is 0 Å². The quantitative estimate of drug-likeness (QED) is 0.814. The molecule has 2 aromatic rings. The number of anilines is 1. The fraction of sp³-hybridized carbons (Fsp3) is 0.250. The first-order valence-electron chi connectivity index (χ1n) is 6.34. The molecule has 2 nitrogen and oxygen atoms in total. The van der Waals surface area contributed by atoms with E-state index in [-0.39, 0.29) is 0 Å². The van der Waals surface area contributed by atoms with E-state index in [1.165, 1.54) is 11.1 Å². The summed E-state index contributed by atoms with van der Waals surface area (Å²) in [7, 11) is 0. The van der Waals surface area contributed by atoms with Gasteiger partial charge in [-0.25, -0.2) is 0 Å². The first-order chi connectivity index (χ1) is 9.15. The maximum atomic E-state index is 5.82. The van der Waals surface area contributed by atoms with Gasteiger partial charge < -0.3 is 10.1 Å². The second-order valence-corrected chi connectivity index (χ2v) is 4.98. The smallest absolute Gasteiger partial charge is 0.119 e. The second kappa shape index (κ2) is 6.48. The van der Waals surface area contributed by atoms with Gasteiger partial charge in [-0.1, -0.05) is 29.3 Å². The summed E-state index contributed by atoms with van der Waals surface area (Å²) in [5, 5.41) is 4.09. The lowest BCUT2D eigenvalue weighted by Gasteiger charge is -2.11. The monoisotopic (exact) mass is 275 g/mol. The normalized spacial score (nSPS) is 10.3. The van der Waals surface area contributed by atoms with Crippen LogP contribution in [0, 0.1) is 13.8 Å². The van der Waals surface area contributed by atoms with E-state index in [4.69, 9.17) is 16.3 Å². The summed E-state index contributed by atoms with van der Waals surface area (Å²) >= 11 is 5.82. The summed E-state index contributed by atoms with van der Waals surface area (Å²) < 4.78 is 5.63. The molecule has 0 atom stereocenters. The minimum atomic E-state index is 0.620. The predicted octanol–water partition coefficient (Wildman–Crippen LogP) is 4.45. The number of halogens is 1. The predicted molar refractivity (Wildman–Crippen MR) is 81.4 cm³/mol. The van der Waals surface area contributed by atoms with Crippen molar-refractivity contribution in [3.05, 3.63) is 58.6 Å². The van der Waals surface area contributed by atoms with Gasteiger partial charge in [-0.3, -0.25) is 0 Å². The van der Waals surface area contributed by atoms with E-state index in [0.29, 0.717) is 6.61 Å². The van der Waals surface area contributed by atoms with Crippen LogP contribution in [0.25, 0.3) is 0 Å². The molecule has 0 bridgehead atoms. The summed E-state index contributed by atoms with van der Waals surface area (Å²) in [6.45, 7) is 5.59. The van der Waals surface area contributed by atoms with Crippen LogP contribution in [0.2, 0.25) is 5.02 Å². The van der Waals surface area contributed by atoms with E-state index in [1.54, 1.807) is 0 Å². The van der Waals surface area contributed by atoms with Gasteiger partial charge in [0, 0.05) is 17.3 Å². The molecule has 0 saturated carbocycles. The van der Waals surface area contributed by atoms with Gasteiger partial charge in [-0.15, -0.1) is 0 Å². The molecule has 0 heterocycles. The van der Waals surface area contributed by atoms with Gasteiger partial charge in [0.15, 0.2) is 0 Å². The Hall–Kier alpha value is -1.67. The Morgan fingerprint density at radius 3 is 2.47 bits per heavy atom. The largest absolute Gasteiger partial charge is 0.492 e. The Labute approximate surface area is 119 Å². The zero-order valence-electron chi connectivity index (χ0n) is 11.2. The molecule has 0 radical (unpaired) electrons. The second-order valence-electron chi connectivity index (χ2n) is 4.55. The number of nitrogens with one attached hydrogen (secondary N) is 1. The third-order valence-electron chi connectivity index (χ3n) is 2.88. The van der Waals surface area contributed by atoms with Gasteiger partial charge >= 0.3 is 0 Å². The molecule has 2 aromatic carbocycles. The molecular formula is C16H18ClNO. The van der Waals surface area contributed by atoms with Crippen molar-refractivity contribution in [1.82, 2.24) is 0 Å². The van der Waals surface area contributed by atoms with Crippen LogP contribution in [0.5, 0.6) is 5.75 Å². The van der Waals surface area contributed by atoms with Crippen molar-refractivity contribution in [1.29, 1.82) is 0 Å². The van der Waals surface area contributed by atoms with Gasteiger partial charge in [-0.05, 0) is 49.7 Å². The average molecular weight is 276 g/mol. The minimum absolute atomic E-state index is 0.620. The zero-order valence-corrected chi connectivity index (χ0v) is 12.0. The highest BCUT2D eigenvalue weighted by atomic mass is 35.5. The molecule has 0 aliphatic rings. The standard InChI is InChI=1S/C16H18ClNO/c1-12-3-8-16(13(2)11-12)18-9-10-19-15-6-4-14(17)5-7-15/h3-8,11,18H,9-10H2,1-2H3. The Bertz CT molecular complexity index is 537. The number of aryl methyl sites for hydroxylation is 2. The first-order valence-corrected chi connectivity index (χ1v) is 6.72. The van der Waals surface area contributed by atoms with E-state index in [0.717, 1.165) is 23.0 Å². The molecule has 0 aliphatic carbocycles. The Morgan fingerprint density at radius 1 is 1.05 bits per heavy atom. The average Bonchev–Trinajstić information content (AvgIpc) is 2.39. The lowest BCUT2D eigenvalue weighted by atomic mass is 10.1. The molecule has 1 N–H and O–H groups in total. The lowest BCUT2D eigenvalue weighted by Crippen LogP contribution is -2.12. The van der Waals surface area contributed by atoms with E-state index in [2.05, 4.69) is 37.4 Å². The van der Waals surface area contributed by atoms with Crippen molar-refractivity contribution < 1.29 is 4.74 Å². The van der Waals surface area contributed by atoms with Crippen LogP contribution in [0.3, 0.4) is 0 Å². The molecule has 3 heteroatoms. The molecule has 0 aliphatic heterocycles. The van der Waals surface area contributed by atoms with Crippen LogP contribution in [0.1, 0.15) is 11.1 Å². The highest BCUT2D eigenvalue weighted by Crippen LogP contribution is 2.17. The minimum Gasteiger partial charge on any atom is -0.492 e. The fourth-order valence-corrected chi connectivity index (χ4v) is 2.02. The molecule has 0 spiro atoms. The summed E-state index contributed by atoms with van der Waals surface area (Å²) in [6.07, 6.45) is 0. The molecule has 19 heavy (non-hydrogen) atoms. The molecular weight excluding hydrogens is 258 g/mol. The summed E-state index contributed by atoms with van der Waals surface area (Å²) in [4.78, 5) is 0. The number of benzene rings is 2. The Morgan fingerprint density at radius 2 is 1.79 bits per heavy atom. The van der Waals surface area contributed by atoms with Crippen molar-refractivity contribution in [3.8, 4) is 5.75 Å². The number of hydrogen-bond donors (Lipinski definition) is 1. The highest BCUT2D eigenvalue weighted by Gasteiger charge is 1.98. The maximum Gasteiger partial charge on any atom is 0.119 e. The molecule has 0 amide bonds. The van der Waals surface area contributed by atoms with Crippen LogP contribution in [-0.2, 0) is 0 Å². The number of hydrogen-bond acceptors (Lipinski definition) is 2. The van der Waals surface area contributed by atoms with Gasteiger partial charge in [0.05, 0.1) is 0 Å². The van der Waals surface area contributed by atoms with E-state index in [1.807, 2.05) is 24.3 Å². The van der Waals surface area contributed by atoms with Crippen LogP contribution in [0.15, 0.2) is 42.5 Å². The topological polar surface area (TPSA) is 21.3 Å². The molecule has 0 unspecified atom stereocenters. The van der Waals surface area contributed by atoms with Crippen LogP contribution in [-0.4, -0.2) is 13.2 Å². The molecule has 2 rings (SSSR count). The molecule has 0 saturated heterocycles. The SMILES string of the molecule is Cc1ccc(NCCOc2ccc(Cl)cc2)c(C)c1. The fourth-order valence-electron chi connectivity index (χ4n) is 1.90. The van der Waals surface area contributed by atoms with Crippen LogP contribution >= 0.6 is 11.6 Å². The zero-order chi connectivity index (χ0) is 13.7. The Balaban J connectivity index is 1.79. The molecule has 100 valence electrons. The first kappa shape index (κ1) is 13.8. The van der Waals surface area contributed by atoms with Gasteiger partial charge in [-0.2, -0.15) is 0 Å². The van der Waals surface area contributed by atoms with Crippen molar-refractivity contribution >= 4 is 17.3 Å². The third kappa shape index (κ3) is 4.18. The van der Waals surface area contributed by atoms with Gasteiger partial charge in [0.1, 0.15) is 12.4 Å². The van der Waals surface area contributed by atoms with Crippen LogP contribution in [0.4, 0.5) is 5.69 Å². The highest BCUT2D eigenvalue weighted by molar-refractivity contribution is 6.30. The maximum absolute atomic E-state index is 5.82. The summed E-state index contributed by atoms with van der Waals surface area (Å²) in [6, 6.07) is 13.8. The van der Waals surface area contributed by atoms with Gasteiger partial charge in [0.2, 0.25) is 0 Å². The lowest BCUT2D eigenvalue weighted by molar-refractivity contribution is 0.333. The third-order valence-corrected chi connectivity index (χ3v) is 3.13. The summed E-state index contributed by atoms with van der Waals surface area (Å²) in [5.41, 5.74) is 3.69. The van der Waals surface area contributed by atoms with E-state index < -0.39 is 0 Å². The number of ether oxygens (including phenoxy) is 1. The van der Waals surface area contributed by atoms with E-state index in [9.17, 15) is 0 Å². The number of rotatable bonds is 5.